The van der Waals surface area contributed by atoms with Gasteiger partial charge in [0.15, 0.2) is 5.43 Å². The quantitative estimate of drug-likeness (QED) is 0.822. The zero-order valence-electron chi connectivity index (χ0n) is 9.67. The molecule has 0 spiro atoms. The van der Waals surface area contributed by atoms with E-state index in [1.807, 2.05) is 0 Å². The van der Waals surface area contributed by atoms with Crippen LogP contribution >= 0.6 is 15.9 Å². The molecule has 1 aromatic heterocycles. The van der Waals surface area contributed by atoms with Crippen molar-refractivity contribution in [2.75, 3.05) is 7.11 Å². The average Bonchev–Trinajstić information content (AvgIpc) is 2.33. The molecule has 1 heterocycles. The Hall–Kier alpha value is -1.62. The van der Waals surface area contributed by atoms with Crippen molar-refractivity contribution in [1.29, 1.82) is 0 Å². The molecule has 0 radical (unpaired) electrons. The molecular weight excluding hydrogens is 298 g/mol. The number of hydrogen-bond donors (Lipinski definition) is 1. The first-order valence-electron chi connectivity index (χ1n) is 5.58. The molecule has 1 aromatic carbocycles. The van der Waals surface area contributed by atoms with Crippen molar-refractivity contribution in [2.24, 2.45) is 0 Å². The molecule has 5 heteroatoms. The second-order valence-electron chi connectivity index (χ2n) is 4.25. The van der Waals surface area contributed by atoms with Crippen molar-refractivity contribution in [1.82, 2.24) is 4.98 Å². The van der Waals surface area contributed by atoms with Gasteiger partial charge in [0.05, 0.1) is 23.6 Å². The van der Waals surface area contributed by atoms with Crippen molar-refractivity contribution >= 4 is 32.8 Å². The van der Waals surface area contributed by atoms with Gasteiger partial charge in [0.1, 0.15) is 0 Å². The minimum atomic E-state index is -0.489. The SMILES string of the molecule is COC(=O)c1ccc(Br)c2[nH]c3c(c(=O)c12)CC3. The predicted octanol–water partition coefficient (Wildman–Crippen LogP) is 2.18. The Bertz CT molecular complexity index is 733. The fourth-order valence-corrected chi connectivity index (χ4v) is 2.71. The van der Waals surface area contributed by atoms with Gasteiger partial charge in [-0.15, -0.1) is 0 Å². The summed E-state index contributed by atoms with van der Waals surface area (Å²) < 4.78 is 5.50. The number of rotatable bonds is 1. The first-order chi connectivity index (χ1) is 8.63. The van der Waals surface area contributed by atoms with E-state index in [1.165, 1.54) is 7.11 Å². The van der Waals surface area contributed by atoms with E-state index >= 15 is 0 Å². The lowest BCUT2D eigenvalue weighted by Gasteiger charge is -2.19. The molecule has 0 unspecified atom stereocenters. The van der Waals surface area contributed by atoms with Crippen LogP contribution in [0.1, 0.15) is 21.6 Å². The van der Waals surface area contributed by atoms with E-state index in [1.54, 1.807) is 12.1 Å². The third-order valence-electron chi connectivity index (χ3n) is 3.33. The first-order valence-corrected chi connectivity index (χ1v) is 6.37. The molecule has 0 atom stereocenters. The summed E-state index contributed by atoms with van der Waals surface area (Å²) >= 11 is 3.40. The Labute approximate surface area is 111 Å². The lowest BCUT2D eigenvalue weighted by Crippen LogP contribution is -2.25. The molecule has 0 fully saturated rings. The number of carbonyl (C=O) groups excluding carboxylic acids is 1. The Kier molecular flexibility index (Phi) is 2.52. The topological polar surface area (TPSA) is 59.2 Å². The van der Waals surface area contributed by atoms with Crippen molar-refractivity contribution in [3.05, 3.63) is 43.6 Å². The molecule has 0 saturated heterocycles. The Morgan fingerprint density at radius 2 is 2.17 bits per heavy atom. The Balaban J connectivity index is 2.47. The molecule has 0 aliphatic heterocycles. The van der Waals surface area contributed by atoms with Gasteiger partial charge in [-0.3, -0.25) is 4.79 Å². The molecular formula is C13H10BrNO3. The number of aromatic amines is 1. The van der Waals surface area contributed by atoms with E-state index in [9.17, 15) is 9.59 Å². The average molecular weight is 308 g/mol. The number of benzene rings is 1. The Morgan fingerprint density at radius 1 is 1.39 bits per heavy atom. The highest BCUT2D eigenvalue weighted by Crippen LogP contribution is 2.28. The number of hydrogen-bond acceptors (Lipinski definition) is 3. The highest BCUT2D eigenvalue weighted by molar-refractivity contribution is 9.10. The normalized spacial score (nSPS) is 13.0. The predicted molar refractivity (Wildman–Crippen MR) is 71.0 cm³/mol. The van der Waals surface area contributed by atoms with Crippen molar-refractivity contribution in [3.63, 3.8) is 0 Å². The van der Waals surface area contributed by atoms with E-state index in [-0.39, 0.29) is 5.43 Å². The fraction of sp³-hybridized carbons (Fsp3) is 0.231. The van der Waals surface area contributed by atoms with Gasteiger partial charge in [-0.05, 0) is 40.9 Å². The summed E-state index contributed by atoms with van der Waals surface area (Å²) in [4.78, 5) is 27.3. The zero-order chi connectivity index (χ0) is 12.9. The summed E-state index contributed by atoms with van der Waals surface area (Å²) in [5, 5.41) is 0.412. The molecule has 1 aliphatic carbocycles. The summed E-state index contributed by atoms with van der Waals surface area (Å²) in [6.45, 7) is 0. The number of methoxy groups -OCH3 is 1. The van der Waals surface area contributed by atoms with Gasteiger partial charge in [-0.25, -0.2) is 4.79 Å². The maximum Gasteiger partial charge on any atom is 0.338 e. The van der Waals surface area contributed by atoms with E-state index in [0.717, 1.165) is 28.6 Å². The minimum absolute atomic E-state index is 0.0632. The highest BCUT2D eigenvalue weighted by Gasteiger charge is 2.23. The molecule has 92 valence electrons. The van der Waals surface area contributed by atoms with Gasteiger partial charge in [0, 0.05) is 15.7 Å². The van der Waals surface area contributed by atoms with Crippen LogP contribution < -0.4 is 5.43 Å². The summed E-state index contributed by atoms with van der Waals surface area (Å²) in [7, 11) is 1.31. The van der Waals surface area contributed by atoms with Crippen LogP contribution in [-0.2, 0) is 17.6 Å². The number of ether oxygens (including phenoxy) is 1. The van der Waals surface area contributed by atoms with Crippen LogP contribution in [0.25, 0.3) is 10.9 Å². The molecule has 4 nitrogen and oxygen atoms in total. The monoisotopic (exact) mass is 307 g/mol. The van der Waals surface area contributed by atoms with Crippen LogP contribution in [-0.4, -0.2) is 18.1 Å². The van der Waals surface area contributed by atoms with Gasteiger partial charge in [0.2, 0.25) is 0 Å². The molecule has 0 saturated carbocycles. The number of esters is 1. The van der Waals surface area contributed by atoms with Gasteiger partial charge in [0.25, 0.3) is 0 Å². The number of H-pyrrole nitrogens is 1. The van der Waals surface area contributed by atoms with Crippen LogP contribution in [0.2, 0.25) is 0 Å². The van der Waals surface area contributed by atoms with Gasteiger partial charge in [-0.2, -0.15) is 0 Å². The summed E-state index contributed by atoms with van der Waals surface area (Å²) in [6.07, 6.45) is 1.66. The molecule has 1 N–H and O–H groups in total. The largest absolute Gasteiger partial charge is 0.465 e. The van der Waals surface area contributed by atoms with Gasteiger partial charge >= 0.3 is 5.97 Å². The Morgan fingerprint density at radius 3 is 2.78 bits per heavy atom. The number of aromatic nitrogens is 1. The fourth-order valence-electron chi connectivity index (χ4n) is 2.28. The van der Waals surface area contributed by atoms with Crippen molar-refractivity contribution in [2.45, 2.75) is 12.8 Å². The molecule has 0 amide bonds. The van der Waals surface area contributed by atoms with Crippen LogP contribution in [0.4, 0.5) is 0 Å². The maximum atomic E-state index is 12.3. The maximum absolute atomic E-state index is 12.3. The van der Waals surface area contributed by atoms with Crippen LogP contribution in [0.3, 0.4) is 0 Å². The van der Waals surface area contributed by atoms with E-state index in [2.05, 4.69) is 20.9 Å². The minimum Gasteiger partial charge on any atom is -0.465 e. The molecule has 2 aromatic rings. The molecule has 18 heavy (non-hydrogen) atoms. The summed E-state index contributed by atoms with van der Waals surface area (Å²) in [5.41, 5.74) is 2.67. The van der Waals surface area contributed by atoms with Crippen LogP contribution in [0, 0.1) is 0 Å². The highest BCUT2D eigenvalue weighted by atomic mass is 79.9. The van der Waals surface area contributed by atoms with Gasteiger partial charge < -0.3 is 9.72 Å². The molecule has 1 aliphatic rings. The number of pyridine rings is 1. The second-order valence-corrected chi connectivity index (χ2v) is 5.10. The third-order valence-corrected chi connectivity index (χ3v) is 3.99. The van der Waals surface area contributed by atoms with Crippen molar-refractivity contribution in [3.8, 4) is 0 Å². The molecule has 3 rings (SSSR count). The zero-order valence-corrected chi connectivity index (χ0v) is 11.3. The van der Waals surface area contributed by atoms with Crippen molar-refractivity contribution < 1.29 is 9.53 Å². The lowest BCUT2D eigenvalue weighted by atomic mass is 9.91. The van der Waals surface area contributed by atoms with Crippen LogP contribution in [0.5, 0.6) is 0 Å². The number of carbonyl (C=O) groups is 1. The molecule has 0 bridgehead atoms. The standard InChI is InChI=1S/C13H10BrNO3/c1-18-13(17)7-2-4-8(14)11-10(7)12(16)6-3-5-9(6)15-11/h2,4H,3,5H2,1H3,(H,15,16). The lowest BCUT2D eigenvalue weighted by molar-refractivity contribution is 0.0603. The number of nitrogens with one attached hydrogen (secondary N) is 1. The second kappa shape index (κ2) is 3.95. The number of aryl methyl sites for hydroxylation is 1. The van der Waals surface area contributed by atoms with Gasteiger partial charge in [-0.1, -0.05) is 0 Å². The first kappa shape index (κ1) is 11.5. The van der Waals surface area contributed by atoms with E-state index < -0.39 is 5.97 Å². The van der Waals surface area contributed by atoms with Crippen LogP contribution in [0.15, 0.2) is 21.4 Å². The summed E-state index contributed by atoms with van der Waals surface area (Å²) in [6, 6.07) is 3.36. The third kappa shape index (κ3) is 1.43. The smallest absolute Gasteiger partial charge is 0.338 e. The summed E-state index contributed by atoms with van der Waals surface area (Å²) in [5.74, 6) is -0.489. The van der Waals surface area contributed by atoms with E-state index in [0.29, 0.717) is 16.5 Å². The number of fused-ring (bicyclic) bond motifs is 2. The number of halogens is 1. The van der Waals surface area contributed by atoms with E-state index in [4.69, 9.17) is 4.74 Å².